The lowest BCUT2D eigenvalue weighted by Gasteiger charge is -2.26. The number of para-hydroxylation sites is 1. The van der Waals surface area contributed by atoms with Gasteiger partial charge in [0.2, 0.25) is 10.0 Å². The summed E-state index contributed by atoms with van der Waals surface area (Å²) in [5.74, 6) is 0.701. The van der Waals surface area contributed by atoms with Crippen LogP contribution in [0.5, 0.6) is 11.5 Å². The number of rotatable bonds is 12. The van der Waals surface area contributed by atoms with E-state index in [1.165, 1.54) is 0 Å². The Morgan fingerprint density at radius 2 is 1.74 bits per heavy atom. The molecule has 3 aromatic carbocycles. The standard InChI is InChI=1S/C25H28Cl2N2O5S/c1-35(32,33)28-20-7-9-22(10-8-20)34-17-21(30)16-29(15-19-4-2-3-5-25(19)31)13-12-18-6-11-23(26)24(27)14-18/h2-11,14,21,28,30-31H,12-13,15-17H2,1H3/t21-/m1/s1. The fourth-order valence-electron chi connectivity index (χ4n) is 3.48. The number of phenols is 1. The minimum absolute atomic E-state index is 0.0445. The lowest BCUT2D eigenvalue weighted by molar-refractivity contribution is 0.0657. The van der Waals surface area contributed by atoms with Gasteiger partial charge in [0.25, 0.3) is 0 Å². The number of nitrogens with one attached hydrogen (secondary N) is 1. The molecule has 0 fully saturated rings. The summed E-state index contributed by atoms with van der Waals surface area (Å²) < 4.78 is 30.7. The summed E-state index contributed by atoms with van der Waals surface area (Å²) in [5.41, 5.74) is 2.19. The first kappa shape index (κ1) is 27.1. The van der Waals surface area contributed by atoms with Gasteiger partial charge in [0, 0.05) is 30.9 Å². The van der Waals surface area contributed by atoms with Gasteiger partial charge in [-0.2, -0.15) is 0 Å². The smallest absolute Gasteiger partial charge is 0.229 e. The molecule has 0 aromatic heterocycles. The maximum atomic E-state index is 11.3. The van der Waals surface area contributed by atoms with E-state index >= 15 is 0 Å². The number of aliphatic hydroxyl groups excluding tert-OH is 1. The number of aliphatic hydroxyl groups is 1. The van der Waals surface area contributed by atoms with Crippen molar-refractivity contribution < 1.29 is 23.4 Å². The SMILES string of the molecule is CS(=O)(=O)Nc1ccc(OC[C@H](O)CN(CCc2ccc(Cl)c(Cl)c2)Cc2ccccc2O)cc1. The summed E-state index contributed by atoms with van der Waals surface area (Å²) in [6.45, 7) is 1.40. The van der Waals surface area contributed by atoms with E-state index in [4.69, 9.17) is 27.9 Å². The van der Waals surface area contributed by atoms with Gasteiger partial charge in [0.1, 0.15) is 24.2 Å². The van der Waals surface area contributed by atoms with Crippen LogP contribution in [-0.2, 0) is 23.0 Å². The molecule has 3 N–H and O–H groups in total. The van der Waals surface area contributed by atoms with Crippen LogP contribution in [0, 0.1) is 0 Å². The summed E-state index contributed by atoms with van der Waals surface area (Å²) in [5, 5.41) is 21.8. The average Bonchev–Trinajstić information content (AvgIpc) is 2.79. The highest BCUT2D eigenvalue weighted by Gasteiger charge is 2.15. The Labute approximate surface area is 215 Å². The first-order valence-electron chi connectivity index (χ1n) is 10.9. The lowest BCUT2D eigenvalue weighted by Crippen LogP contribution is -2.36. The second-order valence-corrected chi connectivity index (χ2v) is 10.8. The molecule has 0 saturated carbocycles. The van der Waals surface area contributed by atoms with Gasteiger partial charge >= 0.3 is 0 Å². The van der Waals surface area contributed by atoms with Crippen LogP contribution in [0.1, 0.15) is 11.1 Å². The highest BCUT2D eigenvalue weighted by Crippen LogP contribution is 2.24. The van der Waals surface area contributed by atoms with Crippen LogP contribution in [0.15, 0.2) is 66.7 Å². The second kappa shape index (κ2) is 12.5. The Morgan fingerprint density at radius 1 is 1.03 bits per heavy atom. The van der Waals surface area contributed by atoms with E-state index in [1.54, 1.807) is 42.5 Å². The van der Waals surface area contributed by atoms with Crippen molar-refractivity contribution in [1.82, 2.24) is 4.90 Å². The third-order valence-electron chi connectivity index (χ3n) is 5.16. The summed E-state index contributed by atoms with van der Waals surface area (Å²) in [6, 6.07) is 19.0. The molecule has 0 heterocycles. The Balaban J connectivity index is 1.60. The van der Waals surface area contributed by atoms with E-state index in [1.807, 2.05) is 29.2 Å². The van der Waals surface area contributed by atoms with Crippen molar-refractivity contribution in [2.24, 2.45) is 0 Å². The molecular weight excluding hydrogens is 511 g/mol. The zero-order chi connectivity index (χ0) is 25.4. The number of aromatic hydroxyl groups is 1. The van der Waals surface area contributed by atoms with Gasteiger partial charge in [-0.1, -0.05) is 47.5 Å². The van der Waals surface area contributed by atoms with Gasteiger partial charge in [-0.25, -0.2) is 8.42 Å². The Kier molecular flexibility index (Phi) is 9.65. The molecule has 35 heavy (non-hydrogen) atoms. The fraction of sp³-hybridized carbons (Fsp3) is 0.280. The highest BCUT2D eigenvalue weighted by atomic mass is 35.5. The van der Waals surface area contributed by atoms with E-state index in [-0.39, 0.29) is 12.4 Å². The molecule has 7 nitrogen and oxygen atoms in total. The Hall–Kier alpha value is -2.49. The van der Waals surface area contributed by atoms with E-state index < -0.39 is 16.1 Å². The third-order valence-corrected chi connectivity index (χ3v) is 6.50. The zero-order valence-electron chi connectivity index (χ0n) is 19.2. The molecule has 0 spiro atoms. The number of benzene rings is 3. The normalized spacial score (nSPS) is 12.5. The highest BCUT2D eigenvalue weighted by molar-refractivity contribution is 7.92. The van der Waals surface area contributed by atoms with Gasteiger partial charge in [-0.3, -0.25) is 9.62 Å². The number of anilines is 1. The summed E-state index contributed by atoms with van der Waals surface area (Å²) in [4.78, 5) is 2.03. The quantitative estimate of drug-likeness (QED) is 0.312. The molecule has 0 saturated heterocycles. The van der Waals surface area contributed by atoms with Crippen molar-refractivity contribution in [2.45, 2.75) is 19.1 Å². The number of hydrogen-bond donors (Lipinski definition) is 3. The summed E-state index contributed by atoms with van der Waals surface area (Å²) >= 11 is 12.1. The molecule has 3 rings (SSSR count). The minimum Gasteiger partial charge on any atom is -0.508 e. The van der Waals surface area contributed by atoms with Crippen molar-refractivity contribution in [1.29, 1.82) is 0 Å². The molecule has 0 bridgehead atoms. The molecule has 0 radical (unpaired) electrons. The summed E-state index contributed by atoms with van der Waals surface area (Å²) in [6.07, 6.45) is 0.951. The van der Waals surface area contributed by atoms with E-state index in [2.05, 4.69) is 4.72 Å². The van der Waals surface area contributed by atoms with E-state index in [0.717, 1.165) is 17.4 Å². The maximum Gasteiger partial charge on any atom is 0.229 e. The largest absolute Gasteiger partial charge is 0.508 e. The van der Waals surface area contributed by atoms with Gasteiger partial charge in [0.05, 0.1) is 16.3 Å². The number of hydrogen-bond acceptors (Lipinski definition) is 6. The molecule has 10 heteroatoms. The number of nitrogens with zero attached hydrogens (tertiary/aromatic N) is 1. The van der Waals surface area contributed by atoms with Crippen LogP contribution in [-0.4, -0.2) is 55.6 Å². The predicted octanol–water partition coefficient (Wildman–Crippen LogP) is 4.56. The molecule has 188 valence electrons. The average molecular weight is 539 g/mol. The van der Waals surface area contributed by atoms with Gasteiger partial charge in [-0.05, 0) is 54.4 Å². The van der Waals surface area contributed by atoms with Gasteiger partial charge in [-0.15, -0.1) is 0 Å². The van der Waals surface area contributed by atoms with Gasteiger partial charge < -0.3 is 14.9 Å². The minimum atomic E-state index is -3.36. The molecule has 0 amide bonds. The first-order chi connectivity index (χ1) is 16.6. The number of sulfonamides is 1. The van der Waals surface area contributed by atoms with Crippen molar-refractivity contribution in [3.63, 3.8) is 0 Å². The zero-order valence-corrected chi connectivity index (χ0v) is 21.5. The molecule has 0 aliphatic heterocycles. The molecule has 1 atom stereocenters. The van der Waals surface area contributed by atoms with Crippen molar-refractivity contribution in [2.75, 3.05) is 30.7 Å². The topological polar surface area (TPSA) is 99.1 Å². The van der Waals surface area contributed by atoms with Crippen LogP contribution in [0.3, 0.4) is 0 Å². The number of phenolic OH excluding ortho intramolecular Hbond substituents is 1. The Morgan fingerprint density at radius 3 is 2.40 bits per heavy atom. The van der Waals surface area contributed by atoms with E-state index in [9.17, 15) is 18.6 Å². The Bertz CT molecular complexity index is 1220. The van der Waals surface area contributed by atoms with Crippen LogP contribution >= 0.6 is 23.2 Å². The van der Waals surface area contributed by atoms with Crippen molar-refractivity contribution in [3.8, 4) is 11.5 Å². The lowest BCUT2D eigenvalue weighted by atomic mass is 10.1. The molecule has 0 aliphatic carbocycles. The monoisotopic (exact) mass is 538 g/mol. The third kappa shape index (κ3) is 9.23. The maximum absolute atomic E-state index is 11.3. The number of ether oxygens (including phenoxy) is 1. The van der Waals surface area contributed by atoms with Crippen LogP contribution in [0.2, 0.25) is 10.0 Å². The first-order valence-corrected chi connectivity index (χ1v) is 13.6. The predicted molar refractivity (Wildman–Crippen MR) is 140 cm³/mol. The molecule has 0 unspecified atom stereocenters. The number of halogens is 2. The van der Waals surface area contributed by atoms with Crippen molar-refractivity contribution >= 4 is 38.9 Å². The van der Waals surface area contributed by atoms with Gasteiger partial charge in [0.15, 0.2) is 0 Å². The molecule has 3 aromatic rings. The molecule has 0 aliphatic rings. The van der Waals surface area contributed by atoms with Crippen LogP contribution < -0.4 is 9.46 Å². The van der Waals surface area contributed by atoms with Crippen LogP contribution in [0.25, 0.3) is 0 Å². The summed E-state index contributed by atoms with van der Waals surface area (Å²) in [7, 11) is -3.36. The van der Waals surface area contributed by atoms with Crippen molar-refractivity contribution in [3.05, 3.63) is 87.9 Å². The van der Waals surface area contributed by atoms with Crippen LogP contribution in [0.4, 0.5) is 5.69 Å². The molecular formula is C25H28Cl2N2O5S. The fourth-order valence-corrected chi connectivity index (χ4v) is 4.36. The van der Waals surface area contributed by atoms with E-state index in [0.29, 0.717) is 47.5 Å². The second-order valence-electron chi connectivity index (χ2n) is 8.23.